The summed E-state index contributed by atoms with van der Waals surface area (Å²) in [4.78, 5) is 16.7. The third-order valence-electron chi connectivity index (χ3n) is 5.34. The van der Waals surface area contributed by atoms with Crippen molar-refractivity contribution in [3.8, 4) is 11.5 Å². The maximum Gasteiger partial charge on any atom is 0.256 e. The number of methoxy groups -OCH3 is 2. The van der Waals surface area contributed by atoms with E-state index in [0.29, 0.717) is 11.8 Å². The second-order valence-electron chi connectivity index (χ2n) is 7.18. The van der Waals surface area contributed by atoms with Crippen molar-refractivity contribution in [3.05, 3.63) is 39.8 Å². The van der Waals surface area contributed by atoms with Gasteiger partial charge in [-0.15, -0.1) is 11.3 Å². The molecule has 6 nitrogen and oxygen atoms in total. The molecule has 27 heavy (non-hydrogen) atoms. The summed E-state index contributed by atoms with van der Waals surface area (Å²) in [5, 5.41) is 7.54. The fourth-order valence-corrected chi connectivity index (χ4v) is 5.10. The normalized spacial score (nSPS) is 19.1. The Morgan fingerprint density at radius 1 is 1.22 bits per heavy atom. The highest BCUT2D eigenvalue weighted by atomic mass is 32.1. The summed E-state index contributed by atoms with van der Waals surface area (Å²) in [6.45, 7) is 6.34. The second kappa shape index (κ2) is 7.05. The van der Waals surface area contributed by atoms with Gasteiger partial charge in [0, 0.05) is 29.6 Å². The first-order valence-electron chi connectivity index (χ1n) is 9.19. The average Bonchev–Trinajstić information content (AvgIpc) is 3.05. The summed E-state index contributed by atoms with van der Waals surface area (Å²) in [6, 6.07) is 6.11. The summed E-state index contributed by atoms with van der Waals surface area (Å²) in [6.07, 6.45) is 0.568. The first-order valence-corrected chi connectivity index (χ1v) is 10.0. The lowest BCUT2D eigenvalue weighted by Crippen LogP contribution is -2.39. The van der Waals surface area contributed by atoms with Gasteiger partial charge in [0.05, 0.1) is 19.8 Å². The molecule has 2 aliphatic rings. The lowest BCUT2D eigenvalue weighted by molar-refractivity contribution is 0.0934. The van der Waals surface area contributed by atoms with Crippen LogP contribution in [-0.4, -0.2) is 37.6 Å². The van der Waals surface area contributed by atoms with Crippen molar-refractivity contribution >= 4 is 22.2 Å². The van der Waals surface area contributed by atoms with E-state index in [1.54, 1.807) is 25.6 Å². The van der Waals surface area contributed by atoms with Crippen molar-refractivity contribution in [1.29, 1.82) is 0 Å². The first kappa shape index (κ1) is 18.1. The van der Waals surface area contributed by atoms with Crippen molar-refractivity contribution in [2.24, 2.45) is 0 Å². The van der Waals surface area contributed by atoms with Crippen LogP contribution in [0.5, 0.6) is 11.5 Å². The number of fused-ring (bicyclic) bond motifs is 3. The molecule has 0 spiro atoms. The van der Waals surface area contributed by atoms with Crippen molar-refractivity contribution in [2.75, 3.05) is 26.1 Å². The number of amides is 1. The number of carbonyl (C=O) groups excluding carboxylic acids is 1. The maximum atomic E-state index is 12.9. The number of nitrogens with one attached hydrogen (secondary N) is 2. The molecule has 2 N–H and O–H groups in total. The Bertz CT molecular complexity index is 878. The number of hydrogen-bond donors (Lipinski definition) is 2. The fraction of sp³-hybridized carbons (Fsp3) is 0.450. The molecule has 1 aromatic carbocycles. The smallest absolute Gasteiger partial charge is 0.256 e. The number of rotatable bonds is 4. The molecule has 0 radical (unpaired) electrons. The minimum Gasteiger partial charge on any atom is -0.497 e. The molecule has 2 aromatic rings. The van der Waals surface area contributed by atoms with E-state index in [-0.39, 0.29) is 12.1 Å². The predicted molar refractivity (Wildman–Crippen MR) is 107 cm³/mol. The summed E-state index contributed by atoms with van der Waals surface area (Å²) in [5.41, 5.74) is 2.87. The largest absolute Gasteiger partial charge is 0.497 e. The minimum absolute atomic E-state index is 0.0193. The molecule has 7 heteroatoms. The molecule has 0 fully saturated rings. The summed E-state index contributed by atoms with van der Waals surface area (Å²) >= 11 is 1.70. The van der Waals surface area contributed by atoms with E-state index in [9.17, 15) is 4.79 Å². The van der Waals surface area contributed by atoms with Gasteiger partial charge in [0.1, 0.15) is 22.7 Å². The van der Waals surface area contributed by atoms with Crippen LogP contribution < -0.4 is 20.1 Å². The molecule has 1 aromatic heterocycles. The number of ether oxygens (including phenoxy) is 2. The van der Waals surface area contributed by atoms with E-state index < -0.39 is 0 Å². The van der Waals surface area contributed by atoms with Crippen LogP contribution in [0.15, 0.2) is 18.2 Å². The number of nitrogens with zero attached hydrogens (tertiary/aromatic N) is 1. The molecule has 1 unspecified atom stereocenters. The van der Waals surface area contributed by atoms with Crippen LogP contribution in [0.1, 0.15) is 46.4 Å². The van der Waals surface area contributed by atoms with Crippen LogP contribution in [0, 0.1) is 0 Å². The van der Waals surface area contributed by atoms with Gasteiger partial charge >= 0.3 is 0 Å². The zero-order valence-corrected chi connectivity index (χ0v) is 16.9. The third kappa shape index (κ3) is 3.15. The lowest BCUT2D eigenvalue weighted by Gasteiger charge is -2.31. The first-order chi connectivity index (χ1) is 13.0. The highest BCUT2D eigenvalue weighted by Gasteiger charge is 2.34. The molecule has 0 aliphatic carbocycles. The SMILES string of the molecule is COc1ccc(OC)c(C2NC(=O)c3c(sc4c3CCN(C(C)C)C4)N2)c1. The molecular weight excluding hydrogens is 362 g/mol. The number of carbonyl (C=O) groups is 1. The van der Waals surface area contributed by atoms with Crippen molar-refractivity contribution in [3.63, 3.8) is 0 Å². The standard InChI is InChI=1S/C20H25N3O3S/c1-11(2)23-8-7-13-16(10-23)27-20-17(13)19(24)21-18(22-20)14-9-12(25-3)5-6-15(14)26-4/h5-6,9,11,18,22H,7-8,10H2,1-4H3,(H,21,24). The Morgan fingerprint density at radius 2 is 2.04 bits per heavy atom. The van der Waals surface area contributed by atoms with Gasteiger partial charge in [-0.3, -0.25) is 9.69 Å². The molecule has 2 aliphatic heterocycles. The fourth-order valence-electron chi connectivity index (χ4n) is 3.80. The Kier molecular flexibility index (Phi) is 4.74. The number of hydrogen-bond acceptors (Lipinski definition) is 6. The van der Waals surface area contributed by atoms with E-state index >= 15 is 0 Å². The van der Waals surface area contributed by atoms with Gasteiger partial charge in [-0.2, -0.15) is 0 Å². The summed E-state index contributed by atoms with van der Waals surface area (Å²) in [5.74, 6) is 1.42. The van der Waals surface area contributed by atoms with Crippen LogP contribution in [-0.2, 0) is 13.0 Å². The predicted octanol–water partition coefficient (Wildman–Crippen LogP) is 3.39. The van der Waals surface area contributed by atoms with Gasteiger partial charge in [0.25, 0.3) is 5.91 Å². The van der Waals surface area contributed by atoms with E-state index in [1.165, 1.54) is 10.4 Å². The molecule has 4 rings (SSSR count). The van der Waals surface area contributed by atoms with Crippen LogP contribution >= 0.6 is 11.3 Å². The Hall–Kier alpha value is -2.25. The van der Waals surface area contributed by atoms with Gasteiger partial charge in [-0.05, 0) is 44.0 Å². The topological polar surface area (TPSA) is 62.8 Å². The minimum atomic E-state index is -0.351. The van der Waals surface area contributed by atoms with Gasteiger partial charge in [0.2, 0.25) is 0 Å². The second-order valence-corrected chi connectivity index (χ2v) is 8.29. The highest BCUT2D eigenvalue weighted by molar-refractivity contribution is 7.16. The van der Waals surface area contributed by atoms with Crippen molar-refractivity contribution < 1.29 is 14.3 Å². The molecule has 1 amide bonds. The van der Waals surface area contributed by atoms with Gasteiger partial charge in [-0.1, -0.05) is 0 Å². The molecule has 3 heterocycles. The van der Waals surface area contributed by atoms with Crippen molar-refractivity contribution in [1.82, 2.24) is 10.2 Å². The molecule has 0 saturated carbocycles. The van der Waals surface area contributed by atoms with Crippen LogP contribution in [0.25, 0.3) is 0 Å². The lowest BCUT2D eigenvalue weighted by atomic mass is 9.99. The van der Waals surface area contributed by atoms with Gasteiger partial charge < -0.3 is 20.1 Å². The summed E-state index contributed by atoms with van der Waals surface area (Å²) < 4.78 is 10.8. The molecule has 1 atom stereocenters. The highest BCUT2D eigenvalue weighted by Crippen LogP contribution is 2.42. The molecule has 0 saturated heterocycles. The quantitative estimate of drug-likeness (QED) is 0.842. The zero-order chi connectivity index (χ0) is 19.1. The maximum absolute atomic E-state index is 12.9. The molecule has 0 bridgehead atoms. The van der Waals surface area contributed by atoms with E-state index in [2.05, 4.69) is 29.4 Å². The Morgan fingerprint density at radius 3 is 2.74 bits per heavy atom. The third-order valence-corrected chi connectivity index (χ3v) is 6.49. The monoisotopic (exact) mass is 387 g/mol. The molecular formula is C20H25N3O3S. The van der Waals surface area contributed by atoms with Crippen LogP contribution in [0.4, 0.5) is 5.00 Å². The molecule has 144 valence electrons. The van der Waals surface area contributed by atoms with Gasteiger partial charge in [0.15, 0.2) is 0 Å². The zero-order valence-electron chi connectivity index (χ0n) is 16.1. The van der Waals surface area contributed by atoms with E-state index in [4.69, 9.17) is 9.47 Å². The number of benzene rings is 1. The van der Waals surface area contributed by atoms with Crippen molar-refractivity contribution in [2.45, 2.75) is 39.0 Å². The van der Waals surface area contributed by atoms with Gasteiger partial charge in [-0.25, -0.2) is 0 Å². The Labute approximate surface area is 163 Å². The van der Waals surface area contributed by atoms with Crippen LogP contribution in [0.2, 0.25) is 0 Å². The average molecular weight is 388 g/mol. The van der Waals surface area contributed by atoms with E-state index in [1.807, 2.05) is 18.2 Å². The van der Waals surface area contributed by atoms with E-state index in [0.717, 1.165) is 41.4 Å². The number of thiophene rings is 1. The van der Waals surface area contributed by atoms with Crippen LogP contribution in [0.3, 0.4) is 0 Å². The Balaban J connectivity index is 1.68. The summed E-state index contributed by atoms with van der Waals surface area (Å²) in [7, 11) is 3.26. The number of anilines is 1.